The molecule has 0 saturated carbocycles. The predicted molar refractivity (Wildman–Crippen MR) is 131 cm³/mol. The molecule has 1 aliphatic heterocycles. The minimum absolute atomic E-state index is 0.111. The van der Waals surface area contributed by atoms with Crippen molar-refractivity contribution in [3.63, 3.8) is 0 Å². The summed E-state index contributed by atoms with van der Waals surface area (Å²) in [6, 6.07) is 20.8. The molecule has 0 bridgehead atoms. The number of hydrogen-bond acceptors (Lipinski definition) is 7. The van der Waals surface area contributed by atoms with Gasteiger partial charge in [-0.1, -0.05) is 54.2 Å². The fourth-order valence-corrected chi connectivity index (χ4v) is 4.68. The molecule has 35 heavy (non-hydrogen) atoms. The maximum Gasteiger partial charge on any atom is 0.262 e. The molecule has 9 nitrogen and oxygen atoms in total. The first-order chi connectivity index (χ1) is 17.1. The Kier molecular flexibility index (Phi) is 6.53. The number of furan rings is 1. The van der Waals surface area contributed by atoms with E-state index in [-0.39, 0.29) is 24.1 Å². The number of nitrogens with zero attached hydrogens (tertiary/aromatic N) is 4. The molecule has 2 amide bonds. The van der Waals surface area contributed by atoms with Gasteiger partial charge < -0.3 is 19.4 Å². The van der Waals surface area contributed by atoms with Crippen LogP contribution in [0, 0.1) is 0 Å². The van der Waals surface area contributed by atoms with Gasteiger partial charge in [-0.15, -0.1) is 10.2 Å². The Labute approximate surface area is 206 Å². The van der Waals surface area contributed by atoms with Gasteiger partial charge >= 0.3 is 0 Å². The van der Waals surface area contributed by atoms with E-state index in [0.29, 0.717) is 34.7 Å². The molecule has 2 aromatic heterocycles. The third-order valence-electron chi connectivity index (χ3n) is 5.58. The number of likely N-dealkylation sites (N-methyl/N-ethyl adjacent to an activating group) is 1. The molecule has 1 N–H and O–H groups in total. The number of nitrogens with one attached hydrogen (secondary N) is 1. The highest BCUT2D eigenvalue weighted by atomic mass is 32.2. The lowest BCUT2D eigenvalue weighted by Crippen LogP contribution is -2.50. The van der Waals surface area contributed by atoms with Crippen LogP contribution in [0.15, 0.2) is 82.6 Å². The zero-order valence-electron chi connectivity index (χ0n) is 19.0. The van der Waals surface area contributed by atoms with Crippen LogP contribution in [0.1, 0.15) is 5.56 Å². The molecule has 10 heteroatoms. The van der Waals surface area contributed by atoms with E-state index < -0.39 is 6.10 Å². The first-order valence-corrected chi connectivity index (χ1v) is 12.0. The molecule has 178 valence electrons. The van der Waals surface area contributed by atoms with Crippen LogP contribution in [-0.2, 0) is 16.1 Å². The number of anilines is 1. The van der Waals surface area contributed by atoms with Gasteiger partial charge in [-0.05, 0) is 29.8 Å². The number of amides is 2. The Balaban J connectivity index is 1.38. The monoisotopic (exact) mass is 489 g/mol. The van der Waals surface area contributed by atoms with Crippen LogP contribution in [-0.4, -0.2) is 52.0 Å². The fraction of sp³-hybridized carbons (Fsp3) is 0.200. The van der Waals surface area contributed by atoms with Gasteiger partial charge in [0.25, 0.3) is 5.91 Å². The summed E-state index contributed by atoms with van der Waals surface area (Å²) in [5.74, 6) is 1.36. The number of carbonyl (C=O) groups is 2. The van der Waals surface area contributed by atoms with E-state index >= 15 is 0 Å². The van der Waals surface area contributed by atoms with Crippen LogP contribution >= 0.6 is 11.8 Å². The molecule has 0 aliphatic carbocycles. The highest BCUT2D eigenvalue weighted by Crippen LogP contribution is 2.34. The number of benzene rings is 2. The highest BCUT2D eigenvalue weighted by Gasteiger charge is 2.33. The van der Waals surface area contributed by atoms with E-state index in [4.69, 9.17) is 9.15 Å². The SMILES string of the molecule is CNC(=O)[C@H]1CN(C(=O)CSc2nnc(-c3ccco3)n2Cc2ccccc2)c2ccccc2O1. The molecule has 1 atom stereocenters. The largest absolute Gasteiger partial charge is 0.477 e. The van der Waals surface area contributed by atoms with Gasteiger partial charge in [0.1, 0.15) is 5.75 Å². The number of para-hydroxylation sites is 2. The maximum atomic E-state index is 13.3. The van der Waals surface area contributed by atoms with Crippen molar-refractivity contribution in [2.45, 2.75) is 17.8 Å². The first-order valence-electron chi connectivity index (χ1n) is 11.1. The summed E-state index contributed by atoms with van der Waals surface area (Å²) in [6.45, 7) is 0.657. The van der Waals surface area contributed by atoms with E-state index in [0.717, 1.165) is 5.56 Å². The van der Waals surface area contributed by atoms with Crippen molar-refractivity contribution in [2.75, 3.05) is 24.2 Å². The molecule has 3 heterocycles. The van der Waals surface area contributed by atoms with Gasteiger partial charge in [-0.2, -0.15) is 0 Å². The topological polar surface area (TPSA) is 102 Å². The molecule has 4 aromatic rings. The molecule has 0 unspecified atom stereocenters. The molecule has 0 saturated heterocycles. The van der Waals surface area contributed by atoms with E-state index in [1.54, 1.807) is 30.3 Å². The van der Waals surface area contributed by atoms with Crippen molar-refractivity contribution in [3.8, 4) is 17.3 Å². The minimum atomic E-state index is -0.781. The Bertz CT molecular complexity index is 1320. The quantitative estimate of drug-likeness (QED) is 0.398. The molecule has 0 radical (unpaired) electrons. The Morgan fingerprint density at radius 2 is 1.86 bits per heavy atom. The summed E-state index contributed by atoms with van der Waals surface area (Å²) in [5, 5.41) is 11.9. The molecule has 1 aliphatic rings. The lowest BCUT2D eigenvalue weighted by molar-refractivity contribution is -0.127. The predicted octanol–water partition coefficient (Wildman–Crippen LogP) is 3.22. The van der Waals surface area contributed by atoms with Crippen molar-refractivity contribution in [1.29, 1.82) is 0 Å². The number of hydrogen-bond donors (Lipinski definition) is 1. The van der Waals surface area contributed by atoms with E-state index in [1.165, 1.54) is 11.8 Å². The highest BCUT2D eigenvalue weighted by molar-refractivity contribution is 7.99. The third kappa shape index (κ3) is 4.78. The fourth-order valence-electron chi connectivity index (χ4n) is 3.86. The molecular weight excluding hydrogens is 466 g/mol. The summed E-state index contributed by atoms with van der Waals surface area (Å²) in [4.78, 5) is 27.2. The smallest absolute Gasteiger partial charge is 0.262 e. The number of carbonyl (C=O) groups excluding carboxylic acids is 2. The maximum absolute atomic E-state index is 13.3. The number of thioether (sulfide) groups is 1. The molecule has 0 fully saturated rings. The number of aromatic nitrogens is 3. The second-order valence-corrected chi connectivity index (χ2v) is 8.78. The summed E-state index contributed by atoms with van der Waals surface area (Å²) in [6.07, 6.45) is 0.808. The van der Waals surface area contributed by atoms with Crippen LogP contribution in [0.4, 0.5) is 5.69 Å². The third-order valence-corrected chi connectivity index (χ3v) is 6.53. The average Bonchev–Trinajstić information content (AvgIpc) is 3.57. The Morgan fingerprint density at radius 3 is 2.63 bits per heavy atom. The Hall–Kier alpha value is -4.05. The Morgan fingerprint density at radius 1 is 1.06 bits per heavy atom. The van der Waals surface area contributed by atoms with Gasteiger partial charge in [0.15, 0.2) is 17.0 Å². The van der Waals surface area contributed by atoms with Crippen LogP contribution < -0.4 is 15.0 Å². The van der Waals surface area contributed by atoms with E-state index in [1.807, 2.05) is 59.2 Å². The van der Waals surface area contributed by atoms with Crippen molar-refractivity contribution in [1.82, 2.24) is 20.1 Å². The second-order valence-electron chi connectivity index (χ2n) is 7.84. The van der Waals surface area contributed by atoms with Crippen molar-refractivity contribution in [3.05, 3.63) is 78.6 Å². The van der Waals surface area contributed by atoms with Crippen molar-refractivity contribution in [2.24, 2.45) is 0 Å². The second kappa shape index (κ2) is 10.1. The van der Waals surface area contributed by atoms with Gasteiger partial charge in [0.05, 0.1) is 30.8 Å². The number of fused-ring (bicyclic) bond motifs is 1. The zero-order valence-corrected chi connectivity index (χ0v) is 19.8. The lowest BCUT2D eigenvalue weighted by atomic mass is 10.2. The van der Waals surface area contributed by atoms with Crippen molar-refractivity contribution < 1.29 is 18.7 Å². The molecule has 0 spiro atoms. The van der Waals surface area contributed by atoms with Gasteiger partial charge in [-0.25, -0.2) is 0 Å². The molecule has 5 rings (SSSR count). The van der Waals surface area contributed by atoms with Crippen LogP contribution in [0.5, 0.6) is 5.75 Å². The van der Waals surface area contributed by atoms with Gasteiger partial charge in [-0.3, -0.25) is 14.2 Å². The normalized spacial score (nSPS) is 14.8. The van der Waals surface area contributed by atoms with Gasteiger partial charge in [0, 0.05) is 7.05 Å². The number of ether oxygens (including phenoxy) is 1. The summed E-state index contributed by atoms with van der Waals surface area (Å²) in [7, 11) is 1.55. The van der Waals surface area contributed by atoms with Crippen LogP contribution in [0.25, 0.3) is 11.6 Å². The first kappa shape index (κ1) is 22.7. The van der Waals surface area contributed by atoms with Gasteiger partial charge in [0.2, 0.25) is 11.7 Å². The molecule has 2 aromatic carbocycles. The minimum Gasteiger partial charge on any atom is -0.477 e. The van der Waals surface area contributed by atoms with E-state index in [9.17, 15) is 9.59 Å². The standard InChI is InChI=1S/C25H23N5O4S/c1-26-24(32)21-15-29(18-10-5-6-11-19(18)34-21)22(31)16-35-25-28-27-23(20-12-7-13-33-20)30(25)14-17-8-3-2-4-9-17/h2-13,21H,14-16H2,1H3,(H,26,32)/t21-/m1/s1. The summed E-state index contributed by atoms with van der Waals surface area (Å²) in [5.41, 5.74) is 1.71. The van der Waals surface area contributed by atoms with Crippen LogP contribution in [0.3, 0.4) is 0 Å². The zero-order chi connectivity index (χ0) is 24.2. The average molecular weight is 490 g/mol. The van der Waals surface area contributed by atoms with Crippen molar-refractivity contribution >= 4 is 29.3 Å². The molecular formula is C25H23N5O4S. The summed E-state index contributed by atoms with van der Waals surface area (Å²) < 4.78 is 13.3. The number of rotatable bonds is 7. The summed E-state index contributed by atoms with van der Waals surface area (Å²) >= 11 is 1.29. The lowest BCUT2D eigenvalue weighted by Gasteiger charge is -2.34. The van der Waals surface area contributed by atoms with Crippen LogP contribution in [0.2, 0.25) is 0 Å². The van der Waals surface area contributed by atoms with E-state index in [2.05, 4.69) is 15.5 Å².